The third kappa shape index (κ3) is 6.22. The van der Waals surface area contributed by atoms with Gasteiger partial charge in [0, 0.05) is 18.6 Å². The van der Waals surface area contributed by atoms with Crippen LogP contribution >= 0.6 is 0 Å². The summed E-state index contributed by atoms with van der Waals surface area (Å²) < 4.78 is 0. The quantitative estimate of drug-likeness (QED) is 0.774. The van der Waals surface area contributed by atoms with Crippen LogP contribution in [0.3, 0.4) is 0 Å². The molecule has 2 heteroatoms. The molecule has 1 aromatic rings. The van der Waals surface area contributed by atoms with Crippen LogP contribution < -0.4 is 5.32 Å². The molecule has 0 bridgehead atoms. The molecular formula is C17H30N2. The van der Waals surface area contributed by atoms with Gasteiger partial charge in [0.15, 0.2) is 0 Å². The Morgan fingerprint density at radius 3 is 2.21 bits per heavy atom. The zero-order chi connectivity index (χ0) is 14.3. The fourth-order valence-electron chi connectivity index (χ4n) is 2.47. The first-order valence-corrected chi connectivity index (χ1v) is 7.44. The summed E-state index contributed by atoms with van der Waals surface area (Å²) in [5.74, 6) is 0.684. The summed E-state index contributed by atoms with van der Waals surface area (Å²) in [6, 6.07) is 11.9. The first kappa shape index (κ1) is 16.2. The number of nitrogens with one attached hydrogen (secondary N) is 1. The first-order valence-electron chi connectivity index (χ1n) is 7.44. The lowest BCUT2D eigenvalue weighted by atomic mass is 10.0. The summed E-state index contributed by atoms with van der Waals surface area (Å²) in [6.45, 7) is 7.94. The van der Waals surface area contributed by atoms with Crippen LogP contribution in [0, 0.1) is 5.92 Å². The Morgan fingerprint density at radius 1 is 1.05 bits per heavy atom. The van der Waals surface area contributed by atoms with Crippen molar-refractivity contribution in [2.75, 3.05) is 20.6 Å². The SMILES string of the molecule is CC(CCc1ccccc1)NCC(C(C)C)N(C)C. The first-order chi connectivity index (χ1) is 9.00. The average molecular weight is 262 g/mol. The van der Waals surface area contributed by atoms with Crippen LogP contribution in [0.5, 0.6) is 0 Å². The summed E-state index contributed by atoms with van der Waals surface area (Å²) in [5.41, 5.74) is 1.43. The van der Waals surface area contributed by atoms with Gasteiger partial charge in [-0.05, 0) is 45.3 Å². The van der Waals surface area contributed by atoms with Crippen molar-refractivity contribution >= 4 is 0 Å². The van der Waals surface area contributed by atoms with Gasteiger partial charge in [-0.1, -0.05) is 44.2 Å². The molecule has 0 radical (unpaired) electrons. The molecule has 1 N–H and O–H groups in total. The van der Waals surface area contributed by atoms with E-state index in [2.05, 4.69) is 75.4 Å². The van der Waals surface area contributed by atoms with E-state index in [9.17, 15) is 0 Å². The van der Waals surface area contributed by atoms with Gasteiger partial charge >= 0.3 is 0 Å². The van der Waals surface area contributed by atoms with Gasteiger partial charge in [-0.25, -0.2) is 0 Å². The van der Waals surface area contributed by atoms with Gasteiger partial charge in [-0.2, -0.15) is 0 Å². The van der Waals surface area contributed by atoms with E-state index in [1.807, 2.05) is 0 Å². The highest BCUT2D eigenvalue weighted by atomic mass is 15.1. The van der Waals surface area contributed by atoms with E-state index in [-0.39, 0.29) is 0 Å². The molecule has 19 heavy (non-hydrogen) atoms. The van der Waals surface area contributed by atoms with Crippen LogP contribution in [0.1, 0.15) is 32.8 Å². The van der Waals surface area contributed by atoms with E-state index in [1.54, 1.807) is 0 Å². The molecule has 0 fully saturated rings. The van der Waals surface area contributed by atoms with Crippen molar-refractivity contribution in [1.82, 2.24) is 10.2 Å². The van der Waals surface area contributed by atoms with Gasteiger partial charge in [-0.15, -0.1) is 0 Å². The van der Waals surface area contributed by atoms with Crippen LogP contribution in [-0.2, 0) is 6.42 Å². The summed E-state index contributed by atoms with van der Waals surface area (Å²) in [6.07, 6.45) is 2.35. The molecule has 0 aliphatic rings. The van der Waals surface area contributed by atoms with Crippen molar-refractivity contribution < 1.29 is 0 Å². The minimum atomic E-state index is 0.571. The standard InChI is InChI=1S/C17H30N2/c1-14(2)17(19(4)5)13-18-15(3)11-12-16-9-7-6-8-10-16/h6-10,14-15,17-18H,11-13H2,1-5H3. The second-order valence-corrected chi connectivity index (χ2v) is 6.11. The number of nitrogens with zero attached hydrogens (tertiary/aromatic N) is 1. The monoisotopic (exact) mass is 262 g/mol. The molecule has 0 saturated heterocycles. The number of likely N-dealkylation sites (N-methyl/N-ethyl adjacent to an activating group) is 1. The summed E-state index contributed by atoms with van der Waals surface area (Å²) in [4.78, 5) is 2.32. The summed E-state index contributed by atoms with van der Waals surface area (Å²) in [7, 11) is 4.34. The number of benzene rings is 1. The zero-order valence-electron chi connectivity index (χ0n) is 13.2. The van der Waals surface area contributed by atoms with Gasteiger partial charge < -0.3 is 10.2 Å². The van der Waals surface area contributed by atoms with Crippen LogP contribution in [0.4, 0.5) is 0 Å². The molecule has 1 rings (SSSR count). The van der Waals surface area contributed by atoms with Crippen molar-refractivity contribution in [3.8, 4) is 0 Å². The number of rotatable bonds is 8. The van der Waals surface area contributed by atoms with Crippen molar-refractivity contribution in [2.45, 2.75) is 45.7 Å². The highest BCUT2D eigenvalue weighted by Gasteiger charge is 2.16. The van der Waals surface area contributed by atoms with Gasteiger partial charge in [0.1, 0.15) is 0 Å². The summed E-state index contributed by atoms with van der Waals surface area (Å²) >= 11 is 0. The molecule has 0 saturated carbocycles. The molecule has 0 aliphatic carbocycles. The molecule has 0 amide bonds. The predicted octanol–water partition coefficient (Wildman–Crippen LogP) is 3.18. The molecule has 1 aromatic carbocycles. The van der Waals surface area contributed by atoms with E-state index < -0.39 is 0 Å². The lowest BCUT2D eigenvalue weighted by molar-refractivity contribution is 0.218. The molecule has 0 heterocycles. The van der Waals surface area contributed by atoms with Crippen LogP contribution in [0.2, 0.25) is 0 Å². The Kier molecular flexibility index (Phi) is 7.11. The Labute approximate surface area is 119 Å². The number of hydrogen-bond donors (Lipinski definition) is 1. The Morgan fingerprint density at radius 2 is 1.68 bits per heavy atom. The van der Waals surface area contributed by atoms with Crippen LogP contribution in [0.15, 0.2) is 30.3 Å². The topological polar surface area (TPSA) is 15.3 Å². The van der Waals surface area contributed by atoms with Crippen LogP contribution in [0.25, 0.3) is 0 Å². The molecule has 2 nitrogen and oxygen atoms in total. The second kappa shape index (κ2) is 8.34. The van der Waals surface area contributed by atoms with Gasteiger partial charge in [0.2, 0.25) is 0 Å². The van der Waals surface area contributed by atoms with E-state index in [0.717, 1.165) is 13.0 Å². The highest BCUT2D eigenvalue weighted by molar-refractivity contribution is 5.14. The average Bonchev–Trinajstić information content (AvgIpc) is 2.37. The Hall–Kier alpha value is -0.860. The fraction of sp³-hybridized carbons (Fsp3) is 0.647. The maximum absolute atomic E-state index is 3.67. The zero-order valence-corrected chi connectivity index (χ0v) is 13.2. The maximum Gasteiger partial charge on any atom is 0.0237 e. The Balaban J connectivity index is 2.29. The summed E-state index contributed by atoms with van der Waals surface area (Å²) in [5, 5.41) is 3.67. The van der Waals surface area contributed by atoms with E-state index in [4.69, 9.17) is 0 Å². The Bertz CT molecular complexity index is 324. The molecular weight excluding hydrogens is 232 g/mol. The third-order valence-corrected chi connectivity index (χ3v) is 3.82. The highest BCUT2D eigenvalue weighted by Crippen LogP contribution is 2.08. The van der Waals surface area contributed by atoms with E-state index in [1.165, 1.54) is 12.0 Å². The van der Waals surface area contributed by atoms with Gasteiger partial charge in [-0.3, -0.25) is 0 Å². The maximum atomic E-state index is 3.67. The third-order valence-electron chi connectivity index (χ3n) is 3.82. The van der Waals surface area contributed by atoms with Gasteiger partial charge in [0.05, 0.1) is 0 Å². The molecule has 108 valence electrons. The minimum absolute atomic E-state index is 0.571. The molecule has 0 aromatic heterocycles. The normalized spacial score (nSPS) is 14.9. The van der Waals surface area contributed by atoms with Crippen molar-refractivity contribution in [3.63, 3.8) is 0 Å². The van der Waals surface area contributed by atoms with Crippen molar-refractivity contribution in [3.05, 3.63) is 35.9 Å². The molecule has 2 atom stereocenters. The lowest BCUT2D eigenvalue weighted by Gasteiger charge is -2.29. The smallest absolute Gasteiger partial charge is 0.0237 e. The van der Waals surface area contributed by atoms with Crippen LogP contribution in [-0.4, -0.2) is 37.6 Å². The number of aryl methyl sites for hydroxylation is 1. The molecule has 0 aliphatic heterocycles. The van der Waals surface area contributed by atoms with E-state index in [0.29, 0.717) is 18.0 Å². The predicted molar refractivity (Wildman–Crippen MR) is 84.5 cm³/mol. The largest absolute Gasteiger partial charge is 0.313 e. The van der Waals surface area contributed by atoms with E-state index >= 15 is 0 Å². The lowest BCUT2D eigenvalue weighted by Crippen LogP contribution is -2.44. The van der Waals surface area contributed by atoms with Crippen molar-refractivity contribution in [1.29, 1.82) is 0 Å². The second-order valence-electron chi connectivity index (χ2n) is 6.11. The number of hydrogen-bond acceptors (Lipinski definition) is 2. The van der Waals surface area contributed by atoms with Crippen molar-refractivity contribution in [2.24, 2.45) is 5.92 Å². The molecule has 2 unspecified atom stereocenters. The fourth-order valence-corrected chi connectivity index (χ4v) is 2.47. The van der Waals surface area contributed by atoms with Gasteiger partial charge in [0.25, 0.3) is 0 Å². The minimum Gasteiger partial charge on any atom is -0.313 e. The molecule has 0 spiro atoms.